The molecule has 0 unspecified atom stereocenters. The third-order valence-electron chi connectivity index (χ3n) is 4.54. The first kappa shape index (κ1) is 19.4. The van der Waals surface area contributed by atoms with Crippen LogP contribution in [0.1, 0.15) is 23.2 Å². The monoisotopic (exact) mass is 436 g/mol. The lowest BCUT2D eigenvalue weighted by Crippen LogP contribution is -2.27. The van der Waals surface area contributed by atoms with Crippen LogP contribution in [0, 0.1) is 0 Å². The molecule has 0 amide bonds. The highest BCUT2D eigenvalue weighted by Gasteiger charge is 2.27. The molecule has 1 aliphatic rings. The number of benzene rings is 2. The predicted molar refractivity (Wildman–Crippen MR) is 109 cm³/mol. The molecule has 0 N–H and O–H groups in total. The van der Waals surface area contributed by atoms with Crippen molar-refractivity contribution in [3.63, 3.8) is 0 Å². The normalized spacial score (nSPS) is 15.3. The third-order valence-corrected chi connectivity index (χ3v) is 7.51. The molecular weight excluding hydrogens is 420 g/mol. The van der Waals surface area contributed by atoms with Crippen molar-refractivity contribution in [3.8, 4) is 0 Å². The Morgan fingerprint density at radius 1 is 1.14 bits per heavy atom. The molecule has 4 rings (SSSR count). The molecule has 9 heteroatoms. The van der Waals surface area contributed by atoms with Crippen LogP contribution in [0.4, 0.5) is 0 Å². The largest absolute Gasteiger partial charge is 0.431 e. The van der Waals surface area contributed by atoms with E-state index in [0.29, 0.717) is 40.0 Å². The van der Waals surface area contributed by atoms with E-state index in [1.54, 1.807) is 30.3 Å². The first-order valence-corrected chi connectivity index (χ1v) is 11.6. The van der Waals surface area contributed by atoms with Crippen LogP contribution in [-0.4, -0.2) is 42.3 Å². The number of hydrogen-bond donors (Lipinski definition) is 0. The minimum Gasteiger partial charge on any atom is -0.431 e. The van der Waals surface area contributed by atoms with Gasteiger partial charge in [0.15, 0.2) is 11.4 Å². The molecule has 0 aliphatic carbocycles. The van der Waals surface area contributed by atoms with Gasteiger partial charge in [0.1, 0.15) is 5.52 Å². The molecule has 0 saturated carbocycles. The van der Waals surface area contributed by atoms with Gasteiger partial charge >= 0.3 is 0 Å². The number of carbonyl (C=O) groups is 1. The Bertz CT molecular complexity index is 1120. The molecule has 3 aromatic rings. The number of carbonyl (C=O) groups excluding carboxylic acids is 1. The SMILES string of the molecule is O=C(CSc1nc2ccc(Cl)cc2o1)c1ccc(S(=O)(=O)N2CCCC2)cc1. The molecule has 1 fully saturated rings. The van der Waals surface area contributed by atoms with E-state index in [9.17, 15) is 13.2 Å². The molecule has 0 atom stereocenters. The number of nitrogens with zero attached hydrogens (tertiary/aromatic N) is 2. The van der Waals surface area contributed by atoms with Crippen LogP contribution in [0.3, 0.4) is 0 Å². The quantitative estimate of drug-likeness (QED) is 0.424. The molecule has 146 valence electrons. The molecule has 2 heterocycles. The second-order valence-corrected chi connectivity index (χ2v) is 9.74. The fourth-order valence-corrected chi connectivity index (χ4v) is 5.45. The standard InChI is InChI=1S/C19H17ClN2O4S2/c20-14-5-8-16-18(11-14)26-19(21-16)27-12-17(23)13-3-6-15(7-4-13)28(24,25)22-9-1-2-10-22/h3-8,11H,1-2,9-10,12H2. The van der Waals surface area contributed by atoms with Crippen molar-refractivity contribution in [1.82, 2.24) is 9.29 Å². The molecule has 0 bridgehead atoms. The lowest BCUT2D eigenvalue weighted by molar-refractivity contribution is 0.102. The number of hydrogen-bond acceptors (Lipinski definition) is 6. The molecule has 6 nitrogen and oxygen atoms in total. The number of halogens is 1. The molecule has 0 radical (unpaired) electrons. The Morgan fingerprint density at radius 3 is 2.57 bits per heavy atom. The van der Waals surface area contributed by atoms with Gasteiger partial charge in [-0.1, -0.05) is 35.5 Å². The maximum atomic E-state index is 12.5. The number of rotatable bonds is 6. The Kier molecular flexibility index (Phi) is 5.46. The Labute approximate surface area is 171 Å². The lowest BCUT2D eigenvalue weighted by Gasteiger charge is -2.15. The summed E-state index contributed by atoms with van der Waals surface area (Å²) in [4.78, 5) is 17.0. The second-order valence-electron chi connectivity index (χ2n) is 6.44. The van der Waals surface area contributed by atoms with Gasteiger partial charge in [-0.2, -0.15) is 4.31 Å². The summed E-state index contributed by atoms with van der Waals surface area (Å²) in [6, 6.07) is 11.3. The molecule has 28 heavy (non-hydrogen) atoms. The number of fused-ring (bicyclic) bond motifs is 1. The summed E-state index contributed by atoms with van der Waals surface area (Å²) in [5, 5.41) is 0.944. The van der Waals surface area contributed by atoms with Crippen LogP contribution in [0.15, 0.2) is 57.0 Å². The van der Waals surface area contributed by atoms with E-state index in [-0.39, 0.29) is 16.4 Å². The smallest absolute Gasteiger partial charge is 0.257 e. The van der Waals surface area contributed by atoms with Gasteiger partial charge in [0, 0.05) is 29.7 Å². The summed E-state index contributed by atoms with van der Waals surface area (Å²) in [5.41, 5.74) is 1.70. The zero-order valence-electron chi connectivity index (χ0n) is 14.8. The van der Waals surface area contributed by atoms with E-state index in [2.05, 4.69) is 4.98 Å². The van der Waals surface area contributed by atoms with Crippen molar-refractivity contribution in [1.29, 1.82) is 0 Å². The van der Waals surface area contributed by atoms with Gasteiger partial charge in [0.2, 0.25) is 10.0 Å². The highest BCUT2D eigenvalue weighted by Crippen LogP contribution is 2.26. The van der Waals surface area contributed by atoms with Crippen LogP contribution >= 0.6 is 23.4 Å². The van der Waals surface area contributed by atoms with Crippen molar-refractivity contribution in [2.45, 2.75) is 23.0 Å². The molecular formula is C19H17ClN2O4S2. The Balaban J connectivity index is 1.43. The predicted octanol–water partition coefficient (Wildman–Crippen LogP) is 4.24. The Hall–Kier alpha value is -1.87. The van der Waals surface area contributed by atoms with E-state index in [0.717, 1.165) is 12.8 Å². The number of thioether (sulfide) groups is 1. The fourth-order valence-electron chi connectivity index (χ4n) is 3.04. The van der Waals surface area contributed by atoms with E-state index in [4.69, 9.17) is 16.0 Å². The van der Waals surface area contributed by atoms with E-state index >= 15 is 0 Å². The first-order chi connectivity index (χ1) is 13.4. The van der Waals surface area contributed by atoms with Gasteiger partial charge in [-0.3, -0.25) is 4.79 Å². The van der Waals surface area contributed by atoms with Crippen LogP contribution in [0.25, 0.3) is 11.1 Å². The van der Waals surface area contributed by atoms with Gasteiger partial charge < -0.3 is 4.42 Å². The topological polar surface area (TPSA) is 80.5 Å². The van der Waals surface area contributed by atoms with Gasteiger partial charge in [-0.05, 0) is 37.1 Å². The van der Waals surface area contributed by atoms with E-state index < -0.39 is 10.0 Å². The van der Waals surface area contributed by atoms with Gasteiger partial charge in [-0.25, -0.2) is 13.4 Å². The van der Waals surface area contributed by atoms with Gasteiger partial charge in [-0.15, -0.1) is 0 Å². The molecule has 2 aromatic carbocycles. The number of sulfonamides is 1. The first-order valence-electron chi connectivity index (χ1n) is 8.76. The maximum Gasteiger partial charge on any atom is 0.257 e. The van der Waals surface area contributed by atoms with Crippen molar-refractivity contribution < 1.29 is 17.6 Å². The summed E-state index contributed by atoms with van der Waals surface area (Å²) in [6.45, 7) is 1.10. The summed E-state index contributed by atoms with van der Waals surface area (Å²) in [6.07, 6.45) is 1.77. The zero-order valence-corrected chi connectivity index (χ0v) is 17.2. The number of ketones is 1. The van der Waals surface area contributed by atoms with Crippen LogP contribution in [0.5, 0.6) is 0 Å². The second kappa shape index (κ2) is 7.87. The average molecular weight is 437 g/mol. The minimum absolute atomic E-state index is 0.129. The maximum absolute atomic E-state index is 12.5. The number of aromatic nitrogens is 1. The van der Waals surface area contributed by atoms with E-state index in [1.807, 2.05) is 0 Å². The fraction of sp³-hybridized carbons (Fsp3) is 0.263. The average Bonchev–Trinajstić information content (AvgIpc) is 3.36. The highest BCUT2D eigenvalue weighted by atomic mass is 35.5. The third kappa shape index (κ3) is 3.96. The van der Waals surface area contributed by atoms with E-state index in [1.165, 1.54) is 28.2 Å². The van der Waals surface area contributed by atoms with Crippen LogP contribution in [-0.2, 0) is 10.0 Å². The van der Waals surface area contributed by atoms with Crippen LogP contribution in [0.2, 0.25) is 5.02 Å². The number of Topliss-reactive ketones (excluding diaryl/α,β-unsaturated/α-hetero) is 1. The summed E-state index contributed by atoms with van der Waals surface area (Å²) in [7, 11) is -3.47. The van der Waals surface area contributed by atoms with Crippen molar-refractivity contribution in [2.24, 2.45) is 0 Å². The summed E-state index contributed by atoms with van der Waals surface area (Å²) >= 11 is 7.12. The Morgan fingerprint density at radius 2 is 1.86 bits per heavy atom. The molecule has 1 aliphatic heterocycles. The minimum atomic E-state index is -3.47. The molecule has 1 aromatic heterocycles. The lowest BCUT2D eigenvalue weighted by atomic mass is 10.1. The van der Waals surface area contributed by atoms with Gasteiger partial charge in [0.05, 0.1) is 10.6 Å². The summed E-state index contributed by atoms with van der Waals surface area (Å²) < 4.78 is 32.2. The molecule has 0 spiro atoms. The van der Waals surface area contributed by atoms with Crippen LogP contribution < -0.4 is 0 Å². The highest BCUT2D eigenvalue weighted by molar-refractivity contribution is 7.99. The van der Waals surface area contributed by atoms with Gasteiger partial charge in [0.25, 0.3) is 5.22 Å². The number of oxazole rings is 1. The molecule has 1 saturated heterocycles. The summed E-state index contributed by atoms with van der Waals surface area (Å²) in [5.74, 6) is 0.00842. The van der Waals surface area contributed by atoms with Crippen molar-refractivity contribution >= 4 is 50.3 Å². The van der Waals surface area contributed by atoms with Crippen molar-refractivity contribution in [3.05, 3.63) is 53.1 Å². The zero-order chi connectivity index (χ0) is 19.7. The van der Waals surface area contributed by atoms with Crippen molar-refractivity contribution in [2.75, 3.05) is 18.8 Å².